The average molecular weight is 262 g/mol. The van der Waals surface area contributed by atoms with E-state index in [0.717, 1.165) is 24.5 Å². The summed E-state index contributed by atoms with van der Waals surface area (Å²) < 4.78 is 0. The fourth-order valence-electron chi connectivity index (χ4n) is 2.46. The van der Waals surface area contributed by atoms with Crippen molar-refractivity contribution in [2.24, 2.45) is 10.7 Å². The zero-order chi connectivity index (χ0) is 14.0. The van der Waals surface area contributed by atoms with E-state index in [1.807, 2.05) is 21.0 Å². The molecule has 0 fully saturated rings. The Balaban J connectivity index is 2.29. The first-order valence-corrected chi connectivity index (χ1v) is 6.45. The van der Waals surface area contributed by atoms with Crippen LogP contribution in [-0.2, 0) is 5.54 Å². The van der Waals surface area contributed by atoms with Crippen LogP contribution in [0.3, 0.4) is 0 Å². The lowest BCUT2D eigenvalue weighted by Crippen LogP contribution is -2.50. The Morgan fingerprint density at radius 1 is 1.37 bits per heavy atom. The Kier molecular flexibility index (Phi) is 3.71. The molecule has 1 unspecified atom stereocenters. The van der Waals surface area contributed by atoms with E-state index >= 15 is 0 Å². The van der Waals surface area contributed by atoms with Gasteiger partial charge in [-0.25, -0.2) is 0 Å². The van der Waals surface area contributed by atoms with E-state index in [9.17, 15) is 0 Å². The average Bonchev–Trinajstić information content (AvgIpc) is 2.64. The molecule has 0 saturated carbocycles. The highest BCUT2D eigenvalue weighted by Gasteiger charge is 2.41. The normalized spacial score (nSPS) is 23.0. The summed E-state index contributed by atoms with van der Waals surface area (Å²) in [5.74, 6) is 0.592. The predicted molar refractivity (Wildman–Crippen MR) is 75.9 cm³/mol. The zero-order valence-corrected chi connectivity index (χ0v) is 12.1. The molecule has 6 nitrogen and oxygen atoms in total. The van der Waals surface area contributed by atoms with Gasteiger partial charge in [0.15, 0.2) is 5.96 Å². The summed E-state index contributed by atoms with van der Waals surface area (Å²) in [5.41, 5.74) is 7.64. The van der Waals surface area contributed by atoms with Crippen LogP contribution in [-0.4, -0.2) is 59.5 Å². The first kappa shape index (κ1) is 13.7. The quantitative estimate of drug-likeness (QED) is 0.839. The van der Waals surface area contributed by atoms with Gasteiger partial charge in [-0.15, -0.1) is 0 Å². The molecule has 0 bridgehead atoms. The van der Waals surface area contributed by atoms with Gasteiger partial charge in [-0.1, -0.05) is 0 Å². The minimum atomic E-state index is -0.293. The van der Waals surface area contributed by atoms with Crippen molar-refractivity contribution in [1.29, 1.82) is 0 Å². The molecule has 2 heterocycles. The van der Waals surface area contributed by atoms with Crippen molar-refractivity contribution in [3.63, 3.8) is 0 Å². The molecule has 6 heteroatoms. The number of aliphatic imine (C=N–C) groups is 1. The first-order valence-electron chi connectivity index (χ1n) is 6.45. The summed E-state index contributed by atoms with van der Waals surface area (Å²) in [6.45, 7) is 6.49. The molecule has 1 aromatic rings. The predicted octanol–water partition coefficient (Wildman–Crippen LogP) is 0.192. The second-order valence-electron chi connectivity index (χ2n) is 5.39. The number of likely N-dealkylation sites (N-methyl/N-ethyl adjacent to an activating group) is 1. The molecule has 0 radical (unpaired) electrons. The van der Waals surface area contributed by atoms with Gasteiger partial charge in [0.2, 0.25) is 0 Å². The van der Waals surface area contributed by atoms with Crippen LogP contribution in [0, 0.1) is 6.92 Å². The minimum absolute atomic E-state index is 0.293. The van der Waals surface area contributed by atoms with Crippen LogP contribution in [0.15, 0.2) is 17.4 Å². The Morgan fingerprint density at radius 3 is 2.68 bits per heavy atom. The molecule has 0 saturated heterocycles. The highest BCUT2D eigenvalue weighted by Crippen LogP contribution is 2.32. The van der Waals surface area contributed by atoms with Crippen LogP contribution in [0.1, 0.15) is 18.3 Å². The molecule has 2 rings (SSSR count). The molecule has 2 N–H and O–H groups in total. The monoisotopic (exact) mass is 262 g/mol. The number of hydrogen-bond acceptors (Lipinski definition) is 6. The van der Waals surface area contributed by atoms with Gasteiger partial charge in [0.1, 0.15) is 5.54 Å². The number of aryl methyl sites for hydroxylation is 1. The van der Waals surface area contributed by atoms with Crippen molar-refractivity contribution in [3.05, 3.63) is 23.8 Å². The van der Waals surface area contributed by atoms with Crippen LogP contribution in [0.25, 0.3) is 0 Å². The van der Waals surface area contributed by atoms with Gasteiger partial charge >= 0.3 is 0 Å². The Labute approximate surface area is 114 Å². The standard InChI is InChI=1S/C13H22N6/c1-10-11(16-6-5-15-10)13(2)9-17-12(14)19(13)8-7-18(3)4/h5-6H,7-9H2,1-4H3,(H2,14,17). The Morgan fingerprint density at radius 2 is 2.05 bits per heavy atom. The Bertz CT molecular complexity index is 484. The summed E-state index contributed by atoms with van der Waals surface area (Å²) in [6, 6.07) is 0. The van der Waals surface area contributed by atoms with Crippen LogP contribution in [0.5, 0.6) is 0 Å². The first-order chi connectivity index (χ1) is 8.95. The largest absolute Gasteiger partial charge is 0.370 e. The van der Waals surface area contributed by atoms with Crippen molar-refractivity contribution in [2.45, 2.75) is 19.4 Å². The number of nitrogens with zero attached hydrogens (tertiary/aromatic N) is 5. The smallest absolute Gasteiger partial charge is 0.192 e. The summed E-state index contributed by atoms with van der Waals surface area (Å²) in [6.07, 6.45) is 3.44. The Hall–Kier alpha value is -1.69. The van der Waals surface area contributed by atoms with Gasteiger partial charge in [0.25, 0.3) is 0 Å². The molecule has 0 aliphatic carbocycles. The molecule has 0 spiro atoms. The third-order valence-electron chi connectivity index (χ3n) is 3.58. The molecule has 1 aliphatic heterocycles. The highest BCUT2D eigenvalue weighted by atomic mass is 15.4. The third-order valence-corrected chi connectivity index (χ3v) is 3.58. The molecule has 1 atom stereocenters. The fourth-order valence-corrected chi connectivity index (χ4v) is 2.46. The molecular weight excluding hydrogens is 240 g/mol. The SMILES string of the molecule is Cc1nccnc1C1(C)CN=C(N)N1CCN(C)C. The lowest BCUT2D eigenvalue weighted by molar-refractivity contribution is 0.198. The van der Waals surface area contributed by atoms with Gasteiger partial charge in [-0.05, 0) is 27.9 Å². The number of guanidine groups is 1. The summed E-state index contributed by atoms with van der Waals surface area (Å²) in [4.78, 5) is 17.5. The molecule has 104 valence electrons. The fraction of sp³-hybridized carbons (Fsp3) is 0.615. The van der Waals surface area contributed by atoms with E-state index in [0.29, 0.717) is 12.5 Å². The summed E-state index contributed by atoms with van der Waals surface area (Å²) in [5, 5.41) is 0. The molecular formula is C13H22N6. The molecule has 0 aromatic carbocycles. The lowest BCUT2D eigenvalue weighted by Gasteiger charge is -2.36. The second kappa shape index (κ2) is 5.13. The van der Waals surface area contributed by atoms with Crippen LogP contribution in [0.2, 0.25) is 0 Å². The topological polar surface area (TPSA) is 70.6 Å². The maximum Gasteiger partial charge on any atom is 0.192 e. The van der Waals surface area contributed by atoms with Gasteiger partial charge in [0.05, 0.1) is 17.9 Å². The van der Waals surface area contributed by atoms with Gasteiger partial charge in [-0.3, -0.25) is 15.0 Å². The van der Waals surface area contributed by atoms with Crippen molar-refractivity contribution in [3.8, 4) is 0 Å². The minimum Gasteiger partial charge on any atom is -0.370 e. The zero-order valence-electron chi connectivity index (χ0n) is 12.1. The van der Waals surface area contributed by atoms with Crippen molar-refractivity contribution in [2.75, 3.05) is 33.7 Å². The van der Waals surface area contributed by atoms with Crippen molar-refractivity contribution in [1.82, 2.24) is 19.8 Å². The molecule has 0 amide bonds. The van der Waals surface area contributed by atoms with Crippen molar-refractivity contribution < 1.29 is 0 Å². The third kappa shape index (κ3) is 2.53. The van der Waals surface area contributed by atoms with E-state index in [1.165, 1.54) is 0 Å². The number of aromatic nitrogens is 2. The molecule has 1 aliphatic rings. The highest BCUT2D eigenvalue weighted by molar-refractivity contribution is 5.81. The van der Waals surface area contributed by atoms with E-state index in [1.54, 1.807) is 12.4 Å². The van der Waals surface area contributed by atoms with E-state index in [4.69, 9.17) is 5.73 Å². The van der Waals surface area contributed by atoms with Crippen molar-refractivity contribution >= 4 is 5.96 Å². The summed E-state index contributed by atoms with van der Waals surface area (Å²) in [7, 11) is 4.10. The lowest BCUT2D eigenvalue weighted by atomic mass is 9.94. The maximum atomic E-state index is 6.04. The van der Waals surface area contributed by atoms with Gasteiger partial charge in [-0.2, -0.15) is 0 Å². The number of rotatable bonds is 4. The van der Waals surface area contributed by atoms with Crippen LogP contribution in [0.4, 0.5) is 0 Å². The van der Waals surface area contributed by atoms with Gasteiger partial charge in [0, 0.05) is 25.5 Å². The van der Waals surface area contributed by atoms with Gasteiger partial charge < -0.3 is 15.5 Å². The maximum absolute atomic E-state index is 6.04. The van der Waals surface area contributed by atoms with E-state index < -0.39 is 0 Å². The van der Waals surface area contributed by atoms with E-state index in [-0.39, 0.29) is 5.54 Å². The summed E-state index contributed by atoms with van der Waals surface area (Å²) >= 11 is 0. The van der Waals surface area contributed by atoms with Crippen LogP contribution >= 0.6 is 0 Å². The number of nitrogens with two attached hydrogens (primary N) is 1. The molecule has 1 aromatic heterocycles. The second-order valence-corrected chi connectivity index (χ2v) is 5.39. The van der Waals surface area contributed by atoms with Crippen LogP contribution < -0.4 is 5.73 Å². The van der Waals surface area contributed by atoms with E-state index in [2.05, 4.69) is 31.7 Å². The molecule has 19 heavy (non-hydrogen) atoms. The number of hydrogen-bond donors (Lipinski definition) is 1.